The summed E-state index contributed by atoms with van der Waals surface area (Å²) in [5.74, 6) is 0. The molecule has 0 aliphatic rings. The summed E-state index contributed by atoms with van der Waals surface area (Å²) in [4.78, 5) is 0.137. The molecule has 0 bridgehead atoms. The molecular formula is C13H16ClN3O2S. The maximum absolute atomic E-state index is 11.8. The molecule has 7 heteroatoms. The first kappa shape index (κ1) is 15.0. The molecule has 0 saturated carbocycles. The highest BCUT2D eigenvalue weighted by atomic mass is 35.5. The topological polar surface area (TPSA) is 78.0 Å². The molecule has 0 spiro atoms. The van der Waals surface area contributed by atoms with Crippen LogP contribution in [0.15, 0.2) is 29.2 Å². The normalized spacial score (nSPS) is 11.8. The Labute approximate surface area is 123 Å². The molecule has 0 atom stereocenters. The second-order valence-corrected chi connectivity index (χ2v) is 6.30. The Morgan fingerprint density at radius 2 is 1.80 bits per heavy atom. The number of aryl methyl sites for hydroxylation is 1. The molecule has 20 heavy (non-hydrogen) atoms. The van der Waals surface area contributed by atoms with Gasteiger partial charge in [0.05, 0.1) is 17.1 Å². The maximum Gasteiger partial charge on any atom is 0.241 e. The van der Waals surface area contributed by atoms with Gasteiger partial charge in [-0.2, -0.15) is 5.10 Å². The van der Waals surface area contributed by atoms with Gasteiger partial charge < -0.3 is 0 Å². The van der Waals surface area contributed by atoms with Crippen LogP contribution in [0.2, 0.25) is 5.02 Å². The van der Waals surface area contributed by atoms with Gasteiger partial charge in [-0.3, -0.25) is 0 Å². The van der Waals surface area contributed by atoms with Crippen LogP contribution in [0.25, 0.3) is 5.69 Å². The van der Waals surface area contributed by atoms with Crippen LogP contribution < -0.4 is 5.14 Å². The molecule has 0 aliphatic carbocycles. The molecule has 0 aliphatic heterocycles. The van der Waals surface area contributed by atoms with Crippen LogP contribution in [0.4, 0.5) is 0 Å². The molecule has 2 N–H and O–H groups in total. The summed E-state index contributed by atoms with van der Waals surface area (Å²) in [5.41, 5.74) is 1.84. The Morgan fingerprint density at radius 1 is 1.20 bits per heavy atom. The predicted molar refractivity (Wildman–Crippen MR) is 78.7 cm³/mol. The SMILES string of the molecule is CCc1nn(-c2ccc(Cl)cc2)c(CC)c1S(N)(=O)=O. The highest BCUT2D eigenvalue weighted by Gasteiger charge is 2.24. The van der Waals surface area contributed by atoms with Crippen LogP contribution in [0.1, 0.15) is 25.2 Å². The monoisotopic (exact) mass is 313 g/mol. The van der Waals surface area contributed by atoms with Gasteiger partial charge in [0, 0.05) is 5.02 Å². The van der Waals surface area contributed by atoms with Crippen molar-refractivity contribution in [2.45, 2.75) is 31.6 Å². The van der Waals surface area contributed by atoms with Crippen LogP contribution in [0.5, 0.6) is 0 Å². The van der Waals surface area contributed by atoms with Crippen LogP contribution in [0.3, 0.4) is 0 Å². The molecule has 2 rings (SSSR count). The Morgan fingerprint density at radius 3 is 2.25 bits per heavy atom. The van der Waals surface area contributed by atoms with E-state index in [1.807, 2.05) is 13.8 Å². The molecule has 0 unspecified atom stereocenters. The average Bonchev–Trinajstić information content (AvgIpc) is 2.78. The Bertz CT molecular complexity index is 721. The van der Waals surface area contributed by atoms with E-state index in [0.717, 1.165) is 5.69 Å². The molecule has 1 aromatic carbocycles. The highest BCUT2D eigenvalue weighted by molar-refractivity contribution is 7.89. The quantitative estimate of drug-likeness (QED) is 0.940. The minimum absolute atomic E-state index is 0.137. The largest absolute Gasteiger partial charge is 0.241 e. The Hall–Kier alpha value is -1.37. The van der Waals surface area contributed by atoms with Crippen LogP contribution in [0, 0.1) is 0 Å². The van der Waals surface area contributed by atoms with Crippen molar-refractivity contribution in [1.82, 2.24) is 9.78 Å². The number of aromatic nitrogens is 2. The predicted octanol–water partition coefficient (Wildman–Crippen LogP) is 2.30. The first-order valence-electron chi connectivity index (χ1n) is 6.28. The van der Waals surface area contributed by atoms with E-state index < -0.39 is 10.0 Å². The zero-order valence-electron chi connectivity index (χ0n) is 11.3. The molecule has 0 saturated heterocycles. The van der Waals surface area contributed by atoms with Crippen molar-refractivity contribution in [2.24, 2.45) is 5.14 Å². The minimum atomic E-state index is -3.79. The first-order valence-corrected chi connectivity index (χ1v) is 8.20. The average molecular weight is 314 g/mol. The fraction of sp³-hybridized carbons (Fsp3) is 0.308. The number of primary sulfonamides is 1. The molecule has 2 aromatic rings. The van der Waals surface area contributed by atoms with Crippen molar-refractivity contribution in [3.63, 3.8) is 0 Å². The van der Waals surface area contributed by atoms with E-state index in [2.05, 4.69) is 5.10 Å². The molecule has 1 heterocycles. The third-order valence-corrected chi connectivity index (χ3v) is 4.32. The second kappa shape index (κ2) is 5.55. The Balaban J connectivity index is 2.72. The van der Waals surface area contributed by atoms with Crippen molar-refractivity contribution in [3.05, 3.63) is 40.7 Å². The van der Waals surface area contributed by atoms with Crippen LogP contribution in [-0.4, -0.2) is 18.2 Å². The Kier molecular flexibility index (Phi) is 4.17. The summed E-state index contributed by atoms with van der Waals surface area (Å²) in [6.45, 7) is 3.72. The van der Waals surface area contributed by atoms with Gasteiger partial charge in [0.25, 0.3) is 0 Å². The van der Waals surface area contributed by atoms with Crippen LogP contribution in [-0.2, 0) is 22.9 Å². The summed E-state index contributed by atoms with van der Waals surface area (Å²) in [7, 11) is -3.79. The molecule has 1 aromatic heterocycles. The summed E-state index contributed by atoms with van der Waals surface area (Å²) in [5, 5.41) is 10.3. The van der Waals surface area contributed by atoms with E-state index in [1.165, 1.54) is 0 Å². The maximum atomic E-state index is 11.8. The highest BCUT2D eigenvalue weighted by Crippen LogP contribution is 2.24. The van der Waals surface area contributed by atoms with E-state index in [1.54, 1.807) is 28.9 Å². The van der Waals surface area contributed by atoms with Gasteiger partial charge >= 0.3 is 0 Å². The minimum Gasteiger partial charge on any atom is -0.236 e. The zero-order chi connectivity index (χ0) is 14.9. The summed E-state index contributed by atoms with van der Waals surface area (Å²) >= 11 is 5.86. The number of halogens is 1. The van der Waals surface area contributed by atoms with Gasteiger partial charge in [-0.1, -0.05) is 25.4 Å². The van der Waals surface area contributed by atoms with Crippen molar-refractivity contribution >= 4 is 21.6 Å². The van der Waals surface area contributed by atoms with E-state index in [9.17, 15) is 8.42 Å². The number of nitrogens with two attached hydrogens (primary N) is 1. The van der Waals surface area contributed by atoms with Gasteiger partial charge in [0.15, 0.2) is 0 Å². The van der Waals surface area contributed by atoms with E-state index in [4.69, 9.17) is 16.7 Å². The fourth-order valence-corrected chi connectivity index (χ4v) is 3.35. The number of hydrogen-bond donors (Lipinski definition) is 1. The number of nitrogens with zero attached hydrogens (tertiary/aromatic N) is 2. The fourth-order valence-electron chi connectivity index (χ4n) is 2.16. The van der Waals surface area contributed by atoms with Crippen molar-refractivity contribution < 1.29 is 8.42 Å². The third-order valence-electron chi connectivity index (χ3n) is 3.03. The van der Waals surface area contributed by atoms with Crippen molar-refractivity contribution in [2.75, 3.05) is 0 Å². The lowest BCUT2D eigenvalue weighted by Gasteiger charge is -2.07. The van der Waals surface area contributed by atoms with Gasteiger partial charge in [0.1, 0.15) is 4.90 Å². The van der Waals surface area contributed by atoms with E-state index in [0.29, 0.717) is 29.3 Å². The number of sulfonamides is 1. The van der Waals surface area contributed by atoms with Crippen molar-refractivity contribution in [1.29, 1.82) is 0 Å². The first-order chi connectivity index (χ1) is 9.38. The van der Waals surface area contributed by atoms with E-state index in [-0.39, 0.29) is 4.90 Å². The van der Waals surface area contributed by atoms with Crippen LogP contribution >= 0.6 is 11.6 Å². The smallest absolute Gasteiger partial charge is 0.236 e. The van der Waals surface area contributed by atoms with Crippen molar-refractivity contribution in [3.8, 4) is 5.69 Å². The summed E-state index contributed by atoms with van der Waals surface area (Å²) in [6, 6.07) is 7.06. The third kappa shape index (κ3) is 2.72. The molecule has 0 fully saturated rings. The van der Waals surface area contributed by atoms with E-state index >= 15 is 0 Å². The molecule has 0 radical (unpaired) electrons. The van der Waals surface area contributed by atoms with Gasteiger partial charge in [-0.05, 0) is 37.1 Å². The second-order valence-electron chi connectivity index (χ2n) is 4.36. The molecule has 5 nitrogen and oxygen atoms in total. The van der Waals surface area contributed by atoms with Gasteiger partial charge in [-0.15, -0.1) is 0 Å². The number of benzene rings is 1. The number of rotatable bonds is 4. The molecule has 0 amide bonds. The molecule has 108 valence electrons. The summed E-state index contributed by atoms with van der Waals surface area (Å²) < 4.78 is 25.2. The number of hydrogen-bond acceptors (Lipinski definition) is 3. The van der Waals surface area contributed by atoms with Gasteiger partial charge in [0.2, 0.25) is 10.0 Å². The standard InChI is InChI=1S/C13H16ClN3O2S/c1-3-11-13(20(15,18)19)12(4-2)17(16-11)10-7-5-9(14)6-8-10/h5-8H,3-4H2,1-2H3,(H2,15,18,19). The lowest BCUT2D eigenvalue weighted by atomic mass is 10.2. The van der Waals surface area contributed by atoms with Gasteiger partial charge in [-0.25, -0.2) is 18.2 Å². The lowest BCUT2D eigenvalue weighted by molar-refractivity contribution is 0.595. The lowest BCUT2D eigenvalue weighted by Crippen LogP contribution is -2.15. The molecular weight excluding hydrogens is 298 g/mol. The summed E-state index contributed by atoms with van der Waals surface area (Å²) in [6.07, 6.45) is 1.01. The zero-order valence-corrected chi connectivity index (χ0v) is 12.9.